The Kier molecular flexibility index (Phi) is 11.8. The minimum absolute atomic E-state index is 0.130. The molecule has 1 N–H and O–H groups in total. The second-order valence-corrected chi connectivity index (χ2v) is 9.72. The van der Waals surface area contributed by atoms with Crippen LogP contribution >= 0.6 is 23.2 Å². The van der Waals surface area contributed by atoms with Gasteiger partial charge in [-0.1, -0.05) is 91.1 Å². The van der Waals surface area contributed by atoms with E-state index in [-0.39, 0.29) is 24.8 Å². The lowest BCUT2D eigenvalue weighted by molar-refractivity contribution is -0.141. The van der Waals surface area contributed by atoms with E-state index in [1.807, 2.05) is 60.7 Å². The van der Waals surface area contributed by atoms with Crippen LogP contribution in [-0.2, 0) is 22.6 Å². The van der Waals surface area contributed by atoms with Crippen LogP contribution in [0.15, 0.2) is 78.9 Å². The van der Waals surface area contributed by atoms with Crippen molar-refractivity contribution in [2.75, 3.05) is 13.2 Å². The Balaban J connectivity index is 1.81. The normalized spacial score (nSPS) is 11.5. The average molecular weight is 542 g/mol. The lowest BCUT2D eigenvalue weighted by Crippen LogP contribution is -2.50. The standard InChI is InChI=1S/C30H34Cl2N2O3/c1-2-3-18-33-30(36)28(20-23-11-6-4-7-12-23)34(22-24-16-17-25(31)21-27(24)32)29(35)15-10-19-37-26-13-8-5-9-14-26/h4-9,11-14,16-17,21,28H,2-3,10,15,18-20,22H2,1H3,(H,33,36). The highest BCUT2D eigenvalue weighted by Crippen LogP contribution is 2.24. The van der Waals surface area contributed by atoms with E-state index in [0.29, 0.717) is 36.0 Å². The number of para-hydroxylation sites is 1. The van der Waals surface area contributed by atoms with E-state index in [0.717, 1.165) is 29.7 Å². The molecule has 0 heterocycles. The van der Waals surface area contributed by atoms with Crippen molar-refractivity contribution >= 4 is 35.0 Å². The minimum Gasteiger partial charge on any atom is -0.494 e. The predicted molar refractivity (Wildman–Crippen MR) is 150 cm³/mol. The maximum atomic E-state index is 13.6. The van der Waals surface area contributed by atoms with Crippen LogP contribution < -0.4 is 10.1 Å². The summed E-state index contributed by atoms with van der Waals surface area (Å²) in [6.07, 6.45) is 3.00. The quantitative estimate of drug-likeness (QED) is 0.231. The monoisotopic (exact) mass is 540 g/mol. The Morgan fingerprint density at radius 3 is 2.32 bits per heavy atom. The lowest BCUT2D eigenvalue weighted by Gasteiger charge is -2.32. The molecule has 0 spiro atoms. The number of halogens is 2. The van der Waals surface area contributed by atoms with Gasteiger partial charge in [0.25, 0.3) is 0 Å². The van der Waals surface area contributed by atoms with Gasteiger partial charge >= 0.3 is 0 Å². The molecule has 0 saturated carbocycles. The fourth-order valence-corrected chi connectivity index (χ4v) is 4.44. The molecule has 0 saturated heterocycles. The van der Waals surface area contributed by atoms with Gasteiger partial charge in [-0.25, -0.2) is 0 Å². The van der Waals surface area contributed by atoms with Crippen molar-refractivity contribution in [1.82, 2.24) is 10.2 Å². The number of unbranched alkanes of at least 4 members (excludes halogenated alkanes) is 1. The summed E-state index contributed by atoms with van der Waals surface area (Å²) in [7, 11) is 0. The van der Waals surface area contributed by atoms with E-state index >= 15 is 0 Å². The van der Waals surface area contributed by atoms with Gasteiger partial charge in [-0.3, -0.25) is 9.59 Å². The number of amides is 2. The molecule has 3 aromatic rings. The third-order valence-electron chi connectivity index (χ3n) is 6.00. The molecule has 0 aromatic heterocycles. The highest BCUT2D eigenvalue weighted by atomic mass is 35.5. The molecule has 0 fully saturated rings. The van der Waals surface area contributed by atoms with Gasteiger partial charge < -0.3 is 15.0 Å². The lowest BCUT2D eigenvalue weighted by atomic mass is 10.0. The van der Waals surface area contributed by atoms with Crippen LogP contribution in [0.25, 0.3) is 0 Å². The Morgan fingerprint density at radius 2 is 1.65 bits per heavy atom. The predicted octanol–water partition coefficient (Wildman–Crippen LogP) is 6.71. The zero-order valence-electron chi connectivity index (χ0n) is 21.2. The number of hydrogen-bond acceptors (Lipinski definition) is 3. The molecule has 1 atom stereocenters. The van der Waals surface area contributed by atoms with Gasteiger partial charge in [0.2, 0.25) is 11.8 Å². The summed E-state index contributed by atoms with van der Waals surface area (Å²) in [6.45, 7) is 3.24. The van der Waals surface area contributed by atoms with Crippen LogP contribution in [-0.4, -0.2) is 35.9 Å². The number of hydrogen-bond donors (Lipinski definition) is 1. The number of carbonyl (C=O) groups excluding carboxylic acids is 2. The summed E-state index contributed by atoms with van der Waals surface area (Å²) in [5.74, 6) is 0.461. The first kappa shape index (κ1) is 28.5. The van der Waals surface area contributed by atoms with Crippen LogP contribution in [0.2, 0.25) is 10.0 Å². The Morgan fingerprint density at radius 1 is 0.946 bits per heavy atom. The van der Waals surface area contributed by atoms with Gasteiger partial charge in [-0.05, 0) is 48.2 Å². The third-order valence-corrected chi connectivity index (χ3v) is 6.59. The zero-order valence-corrected chi connectivity index (χ0v) is 22.7. The molecule has 0 aliphatic rings. The average Bonchev–Trinajstić information content (AvgIpc) is 2.91. The molecule has 3 aromatic carbocycles. The van der Waals surface area contributed by atoms with Crippen molar-refractivity contribution < 1.29 is 14.3 Å². The third kappa shape index (κ3) is 9.42. The molecule has 0 aliphatic carbocycles. The van der Waals surface area contributed by atoms with E-state index in [9.17, 15) is 9.59 Å². The summed E-state index contributed by atoms with van der Waals surface area (Å²) in [5, 5.41) is 4.00. The molecule has 196 valence electrons. The highest BCUT2D eigenvalue weighted by Gasteiger charge is 2.30. The second kappa shape index (κ2) is 15.3. The number of ether oxygens (including phenoxy) is 1. The fourth-order valence-electron chi connectivity index (χ4n) is 3.97. The van der Waals surface area contributed by atoms with Gasteiger partial charge in [0.05, 0.1) is 6.61 Å². The molecule has 7 heteroatoms. The first-order chi connectivity index (χ1) is 18.0. The van der Waals surface area contributed by atoms with E-state index in [1.54, 1.807) is 23.1 Å². The zero-order chi connectivity index (χ0) is 26.5. The maximum Gasteiger partial charge on any atom is 0.243 e. The topological polar surface area (TPSA) is 58.6 Å². The molecule has 1 unspecified atom stereocenters. The molecule has 0 radical (unpaired) electrons. The van der Waals surface area contributed by atoms with Crippen LogP contribution in [0.1, 0.15) is 43.7 Å². The molecule has 0 aliphatic heterocycles. The molecular formula is C30H34Cl2N2O3. The van der Waals surface area contributed by atoms with Crippen LogP contribution in [0.4, 0.5) is 0 Å². The Bertz CT molecular complexity index is 1130. The van der Waals surface area contributed by atoms with Gasteiger partial charge in [-0.2, -0.15) is 0 Å². The minimum atomic E-state index is -0.687. The van der Waals surface area contributed by atoms with Crippen LogP contribution in [0.5, 0.6) is 5.75 Å². The van der Waals surface area contributed by atoms with Gasteiger partial charge in [0.1, 0.15) is 11.8 Å². The number of benzene rings is 3. The van der Waals surface area contributed by atoms with E-state index in [2.05, 4.69) is 12.2 Å². The van der Waals surface area contributed by atoms with E-state index in [1.165, 1.54) is 0 Å². The second-order valence-electron chi connectivity index (χ2n) is 8.87. The van der Waals surface area contributed by atoms with Crippen molar-refractivity contribution in [2.24, 2.45) is 0 Å². The summed E-state index contributed by atoms with van der Waals surface area (Å²) in [4.78, 5) is 28.7. The summed E-state index contributed by atoms with van der Waals surface area (Å²) in [5.41, 5.74) is 1.71. The first-order valence-corrected chi connectivity index (χ1v) is 13.5. The van der Waals surface area contributed by atoms with Crippen LogP contribution in [0, 0.1) is 0 Å². The highest BCUT2D eigenvalue weighted by molar-refractivity contribution is 6.35. The number of nitrogens with zero attached hydrogens (tertiary/aromatic N) is 1. The largest absolute Gasteiger partial charge is 0.494 e. The maximum absolute atomic E-state index is 13.6. The van der Waals surface area contributed by atoms with Gasteiger partial charge in [0, 0.05) is 36.0 Å². The van der Waals surface area contributed by atoms with E-state index < -0.39 is 6.04 Å². The van der Waals surface area contributed by atoms with Crippen molar-refractivity contribution in [3.8, 4) is 5.75 Å². The Labute approximate surface area is 229 Å². The molecule has 0 bridgehead atoms. The van der Waals surface area contributed by atoms with Crippen molar-refractivity contribution in [1.29, 1.82) is 0 Å². The molecule has 2 amide bonds. The van der Waals surface area contributed by atoms with E-state index in [4.69, 9.17) is 27.9 Å². The summed E-state index contributed by atoms with van der Waals surface area (Å²) >= 11 is 12.6. The van der Waals surface area contributed by atoms with Crippen molar-refractivity contribution in [3.05, 3.63) is 100 Å². The molecular weight excluding hydrogens is 507 g/mol. The van der Waals surface area contributed by atoms with Gasteiger partial charge in [-0.15, -0.1) is 0 Å². The van der Waals surface area contributed by atoms with Gasteiger partial charge in [0.15, 0.2) is 0 Å². The molecule has 3 rings (SSSR count). The van der Waals surface area contributed by atoms with Crippen molar-refractivity contribution in [2.45, 2.75) is 51.6 Å². The molecule has 5 nitrogen and oxygen atoms in total. The number of rotatable bonds is 14. The number of nitrogens with one attached hydrogen (secondary N) is 1. The Hall–Kier alpha value is -3.02. The summed E-state index contributed by atoms with van der Waals surface area (Å²) in [6, 6.07) is 23.8. The summed E-state index contributed by atoms with van der Waals surface area (Å²) < 4.78 is 5.77. The number of carbonyl (C=O) groups is 2. The van der Waals surface area contributed by atoms with Crippen LogP contribution in [0.3, 0.4) is 0 Å². The fraction of sp³-hybridized carbons (Fsp3) is 0.333. The molecule has 37 heavy (non-hydrogen) atoms. The van der Waals surface area contributed by atoms with Crippen molar-refractivity contribution in [3.63, 3.8) is 0 Å². The first-order valence-electron chi connectivity index (χ1n) is 12.7. The SMILES string of the molecule is CCCCNC(=O)C(Cc1ccccc1)N(Cc1ccc(Cl)cc1Cl)C(=O)CCCOc1ccccc1. The smallest absolute Gasteiger partial charge is 0.243 e.